The number of H-pyrrole nitrogens is 1. The summed E-state index contributed by atoms with van der Waals surface area (Å²) in [6.45, 7) is 2.16. The Hall–Kier alpha value is -3.41. The van der Waals surface area contributed by atoms with Gasteiger partial charge in [-0.3, -0.25) is 9.59 Å². The highest BCUT2D eigenvalue weighted by Crippen LogP contribution is 2.19. The van der Waals surface area contributed by atoms with Crippen LogP contribution in [0.4, 0.5) is 10.1 Å². The number of anilines is 1. The van der Waals surface area contributed by atoms with Crippen molar-refractivity contribution in [2.24, 2.45) is 0 Å². The zero-order chi connectivity index (χ0) is 21.6. The number of amides is 1. The average molecular weight is 420 g/mol. The summed E-state index contributed by atoms with van der Waals surface area (Å²) in [5.41, 5.74) is 4.13. The Labute approximate surface area is 180 Å². The molecule has 2 aromatic carbocycles. The Bertz CT molecular complexity index is 1090. The highest BCUT2D eigenvalue weighted by Gasteiger charge is 2.17. The first kappa shape index (κ1) is 20.8. The minimum absolute atomic E-state index is 0.157. The van der Waals surface area contributed by atoms with Gasteiger partial charge in [0.2, 0.25) is 5.91 Å². The minimum Gasteiger partial charge on any atom is -0.381 e. The van der Waals surface area contributed by atoms with Gasteiger partial charge < -0.3 is 15.2 Å². The van der Waals surface area contributed by atoms with Gasteiger partial charge in [0.25, 0.3) is 5.56 Å². The molecule has 1 saturated heterocycles. The first-order valence-electron chi connectivity index (χ1n) is 10.7. The number of benzene rings is 2. The lowest BCUT2D eigenvalue weighted by molar-refractivity contribution is -0.130. The molecule has 1 aliphatic rings. The number of nitrogens with zero attached hydrogens (tertiary/aromatic N) is 1. The summed E-state index contributed by atoms with van der Waals surface area (Å²) in [5, 5.41) is 3.27. The summed E-state index contributed by atoms with van der Waals surface area (Å²) in [6.07, 6.45) is 5.13. The maximum atomic E-state index is 13.2. The third-order valence-electron chi connectivity index (χ3n) is 5.68. The number of rotatable bonds is 7. The number of aryl methyl sites for hydroxylation is 1. The zero-order valence-electron chi connectivity index (χ0n) is 17.4. The van der Waals surface area contributed by atoms with Crippen molar-refractivity contribution < 1.29 is 9.18 Å². The van der Waals surface area contributed by atoms with E-state index in [0.717, 1.165) is 54.7 Å². The highest BCUT2D eigenvalue weighted by molar-refractivity contribution is 5.76. The molecule has 0 atom stereocenters. The van der Waals surface area contributed by atoms with Crippen molar-refractivity contribution in [3.63, 3.8) is 0 Å². The van der Waals surface area contributed by atoms with Crippen molar-refractivity contribution in [1.29, 1.82) is 0 Å². The first-order valence-corrected chi connectivity index (χ1v) is 10.7. The molecule has 2 N–H and O–H groups in total. The molecule has 5 nitrogen and oxygen atoms in total. The fraction of sp³-hybridized carbons (Fsp3) is 0.280. The van der Waals surface area contributed by atoms with Crippen LogP contribution in [0.5, 0.6) is 0 Å². The van der Waals surface area contributed by atoms with E-state index in [9.17, 15) is 14.0 Å². The zero-order valence-corrected chi connectivity index (χ0v) is 17.4. The van der Waals surface area contributed by atoms with Gasteiger partial charge in [-0.2, -0.15) is 0 Å². The van der Waals surface area contributed by atoms with Crippen LogP contribution in [0.1, 0.15) is 30.4 Å². The predicted octanol–water partition coefficient (Wildman–Crippen LogP) is 4.35. The normalized spacial score (nSPS) is 13.4. The molecule has 0 spiro atoms. The molecular formula is C25H26FN3O2. The molecule has 0 unspecified atom stereocenters. The number of nitrogens with one attached hydrogen (secondary N) is 2. The number of carbonyl (C=O) groups is 1. The number of halogens is 1. The molecule has 160 valence electrons. The summed E-state index contributed by atoms with van der Waals surface area (Å²) in [5.74, 6) is -0.0566. The van der Waals surface area contributed by atoms with E-state index >= 15 is 0 Å². The van der Waals surface area contributed by atoms with E-state index in [-0.39, 0.29) is 17.3 Å². The van der Waals surface area contributed by atoms with E-state index in [4.69, 9.17) is 0 Å². The molecule has 31 heavy (non-hydrogen) atoms. The van der Waals surface area contributed by atoms with Gasteiger partial charge >= 0.3 is 0 Å². The van der Waals surface area contributed by atoms with Gasteiger partial charge in [0.1, 0.15) is 5.82 Å². The summed E-state index contributed by atoms with van der Waals surface area (Å²) in [7, 11) is 0. The first-order chi connectivity index (χ1) is 15.1. The fourth-order valence-corrected chi connectivity index (χ4v) is 3.83. The molecule has 0 aliphatic carbocycles. The van der Waals surface area contributed by atoms with E-state index < -0.39 is 0 Å². The Balaban J connectivity index is 1.34. The molecule has 1 fully saturated rings. The number of aromatic nitrogens is 1. The maximum Gasteiger partial charge on any atom is 0.252 e. The molecule has 0 bridgehead atoms. The van der Waals surface area contributed by atoms with E-state index in [1.165, 1.54) is 12.1 Å². The van der Waals surface area contributed by atoms with Crippen molar-refractivity contribution in [2.45, 2.75) is 32.2 Å². The quantitative estimate of drug-likeness (QED) is 0.599. The molecule has 0 saturated carbocycles. The van der Waals surface area contributed by atoms with Crippen molar-refractivity contribution in [3.05, 3.63) is 88.1 Å². The summed E-state index contributed by atoms with van der Waals surface area (Å²) < 4.78 is 13.2. The lowest BCUT2D eigenvalue weighted by atomic mass is 10.1. The number of hydrogen-bond donors (Lipinski definition) is 2. The van der Waals surface area contributed by atoms with Gasteiger partial charge in [0.05, 0.1) is 0 Å². The van der Waals surface area contributed by atoms with E-state index in [1.807, 2.05) is 35.2 Å². The molecule has 0 radical (unpaired) electrons. The molecule has 1 amide bonds. The SMILES string of the molecule is O=C(CCc1ccc(NCc2cc(-c3ccc(F)cc3)c[nH]c2=O)cc1)N1CCCC1. The van der Waals surface area contributed by atoms with Gasteiger partial charge in [0, 0.05) is 43.5 Å². The number of aromatic amines is 1. The smallest absolute Gasteiger partial charge is 0.252 e. The molecule has 1 aromatic heterocycles. The van der Waals surface area contributed by atoms with Gasteiger partial charge in [-0.1, -0.05) is 24.3 Å². The Kier molecular flexibility index (Phi) is 6.46. The Morgan fingerprint density at radius 1 is 1.00 bits per heavy atom. The minimum atomic E-state index is -0.293. The van der Waals surface area contributed by atoms with Crippen LogP contribution >= 0.6 is 0 Å². The second-order valence-corrected chi connectivity index (χ2v) is 7.89. The summed E-state index contributed by atoms with van der Waals surface area (Å²) in [6, 6.07) is 16.0. The Morgan fingerprint density at radius 2 is 1.71 bits per heavy atom. The van der Waals surface area contributed by atoms with Crippen LogP contribution in [0.2, 0.25) is 0 Å². The van der Waals surface area contributed by atoms with Crippen LogP contribution in [0.25, 0.3) is 11.1 Å². The van der Waals surface area contributed by atoms with E-state index in [2.05, 4.69) is 10.3 Å². The van der Waals surface area contributed by atoms with E-state index in [0.29, 0.717) is 18.5 Å². The standard InChI is InChI=1S/C25H26FN3O2/c26-22-8-6-19(7-9-22)20-15-21(25(31)28-16-20)17-27-23-10-3-18(4-11-23)5-12-24(30)29-13-1-2-14-29/h3-4,6-11,15-16,27H,1-2,5,12-14,17H2,(H,28,31). The number of carbonyl (C=O) groups excluding carboxylic acids is 1. The van der Waals surface area contributed by atoms with Crippen molar-refractivity contribution in [2.75, 3.05) is 18.4 Å². The van der Waals surface area contributed by atoms with Crippen LogP contribution < -0.4 is 10.9 Å². The third-order valence-corrected chi connectivity index (χ3v) is 5.68. The van der Waals surface area contributed by atoms with Crippen LogP contribution in [0.3, 0.4) is 0 Å². The van der Waals surface area contributed by atoms with E-state index in [1.54, 1.807) is 18.3 Å². The largest absolute Gasteiger partial charge is 0.381 e. The van der Waals surface area contributed by atoms with Crippen LogP contribution in [0, 0.1) is 5.82 Å². The lowest BCUT2D eigenvalue weighted by Crippen LogP contribution is -2.27. The van der Waals surface area contributed by atoms with Crippen molar-refractivity contribution in [3.8, 4) is 11.1 Å². The molecule has 1 aliphatic heterocycles. The molecular weight excluding hydrogens is 393 g/mol. The molecule has 6 heteroatoms. The van der Waals surface area contributed by atoms with Gasteiger partial charge in [0.15, 0.2) is 0 Å². The van der Waals surface area contributed by atoms with Crippen LogP contribution in [-0.2, 0) is 17.8 Å². The summed E-state index contributed by atoms with van der Waals surface area (Å²) >= 11 is 0. The topological polar surface area (TPSA) is 65.2 Å². The fourth-order valence-electron chi connectivity index (χ4n) is 3.83. The van der Waals surface area contributed by atoms with Crippen LogP contribution in [-0.4, -0.2) is 28.9 Å². The van der Waals surface area contributed by atoms with Crippen LogP contribution in [0.15, 0.2) is 65.6 Å². The highest BCUT2D eigenvalue weighted by atomic mass is 19.1. The lowest BCUT2D eigenvalue weighted by Gasteiger charge is -2.15. The second-order valence-electron chi connectivity index (χ2n) is 7.89. The molecule has 2 heterocycles. The van der Waals surface area contributed by atoms with Crippen molar-refractivity contribution in [1.82, 2.24) is 9.88 Å². The molecule has 4 rings (SSSR count). The second kappa shape index (κ2) is 9.60. The number of pyridine rings is 1. The Morgan fingerprint density at radius 3 is 2.42 bits per heavy atom. The predicted molar refractivity (Wildman–Crippen MR) is 120 cm³/mol. The van der Waals surface area contributed by atoms with Gasteiger partial charge in [-0.25, -0.2) is 4.39 Å². The third kappa shape index (κ3) is 5.40. The van der Waals surface area contributed by atoms with Gasteiger partial charge in [-0.15, -0.1) is 0 Å². The monoisotopic (exact) mass is 419 g/mol. The number of likely N-dealkylation sites (tertiary alicyclic amines) is 1. The van der Waals surface area contributed by atoms with Crippen molar-refractivity contribution >= 4 is 11.6 Å². The molecule has 3 aromatic rings. The maximum absolute atomic E-state index is 13.2. The summed E-state index contributed by atoms with van der Waals surface area (Å²) in [4.78, 5) is 29.1. The van der Waals surface area contributed by atoms with Gasteiger partial charge in [-0.05, 0) is 66.3 Å². The average Bonchev–Trinajstić information content (AvgIpc) is 3.33. The number of hydrogen-bond acceptors (Lipinski definition) is 3.